The Morgan fingerprint density at radius 2 is 2.22 bits per heavy atom. The summed E-state index contributed by atoms with van der Waals surface area (Å²) in [6.45, 7) is 3.59. The van der Waals surface area contributed by atoms with Gasteiger partial charge in [0.05, 0.1) is 12.1 Å². The Morgan fingerprint density at radius 3 is 2.78 bits per heavy atom. The zero-order valence-corrected chi connectivity index (χ0v) is 13.7. The van der Waals surface area contributed by atoms with Crippen molar-refractivity contribution in [3.05, 3.63) is 28.2 Å². The van der Waals surface area contributed by atoms with Crippen LogP contribution in [0.15, 0.2) is 12.1 Å². The highest BCUT2D eigenvalue weighted by molar-refractivity contribution is 7.71. The second-order valence-electron chi connectivity index (χ2n) is 5.53. The van der Waals surface area contributed by atoms with E-state index in [0.29, 0.717) is 11.0 Å². The van der Waals surface area contributed by atoms with Crippen LogP contribution in [0.5, 0.6) is 5.75 Å². The molecule has 1 radical (unpaired) electrons. The number of carbonyl (C=O) groups is 1. The van der Waals surface area contributed by atoms with Crippen molar-refractivity contribution in [2.24, 2.45) is 0 Å². The molecule has 1 heterocycles. The number of nitrogens with zero attached hydrogens (tertiary/aromatic N) is 1. The first-order valence-electron chi connectivity index (χ1n) is 7.56. The smallest absolute Gasteiger partial charge is 0.344 e. The predicted molar refractivity (Wildman–Crippen MR) is 89.9 cm³/mol. The number of pyridine rings is 1. The molecule has 3 rings (SSSR count). The van der Waals surface area contributed by atoms with Crippen LogP contribution < -0.4 is 5.46 Å². The molecule has 0 bridgehead atoms. The van der Waals surface area contributed by atoms with Crippen molar-refractivity contribution < 1.29 is 19.0 Å². The van der Waals surface area contributed by atoms with Crippen molar-refractivity contribution >= 4 is 41.8 Å². The number of hydrogen-bond acceptors (Lipinski definition) is 4. The number of esters is 1. The standard InChI is InChI=1S/C16H16BFNO3S/c1-3-22-16(21)13-14(20)9-6-11(18)10(17-2)7-12(9)19(15(13)23)8-4-5-8/h6-8,20H,3-5H2,1-2H3. The Bertz CT molecular complexity index is 861. The van der Waals surface area contributed by atoms with Crippen LogP contribution in [0.25, 0.3) is 10.9 Å². The Balaban J connectivity index is 2.39. The first kappa shape index (κ1) is 16.0. The Hall–Kier alpha value is -1.89. The van der Waals surface area contributed by atoms with E-state index in [1.165, 1.54) is 6.07 Å². The molecule has 0 saturated heterocycles. The molecule has 119 valence electrons. The molecule has 23 heavy (non-hydrogen) atoms. The van der Waals surface area contributed by atoms with Gasteiger partial charge in [0.15, 0.2) is 7.28 Å². The highest BCUT2D eigenvalue weighted by Gasteiger charge is 2.30. The molecule has 0 unspecified atom stereocenters. The third kappa shape index (κ3) is 2.63. The third-order valence-electron chi connectivity index (χ3n) is 4.00. The summed E-state index contributed by atoms with van der Waals surface area (Å²) in [5.41, 5.74) is 1.01. The molecule has 1 aliphatic carbocycles. The molecule has 0 aliphatic heterocycles. The Labute approximate surface area is 139 Å². The quantitative estimate of drug-likeness (QED) is 0.531. The molecule has 1 aliphatic rings. The van der Waals surface area contributed by atoms with Crippen LogP contribution in [-0.4, -0.2) is 29.5 Å². The maximum Gasteiger partial charge on any atom is 0.344 e. The zero-order chi connectivity index (χ0) is 16.7. The minimum Gasteiger partial charge on any atom is -0.506 e. The van der Waals surface area contributed by atoms with Gasteiger partial charge in [0.2, 0.25) is 0 Å². The summed E-state index contributed by atoms with van der Waals surface area (Å²) in [7, 11) is 1.66. The number of rotatable bonds is 4. The lowest BCUT2D eigenvalue weighted by Crippen LogP contribution is -2.18. The normalized spacial score (nSPS) is 14.0. The first-order chi connectivity index (χ1) is 11.0. The second kappa shape index (κ2) is 5.96. The Kier molecular flexibility index (Phi) is 4.14. The van der Waals surface area contributed by atoms with Gasteiger partial charge in [0, 0.05) is 11.4 Å². The van der Waals surface area contributed by atoms with Gasteiger partial charge in [0.25, 0.3) is 0 Å². The lowest BCUT2D eigenvalue weighted by molar-refractivity contribution is 0.0521. The van der Waals surface area contributed by atoms with Crippen molar-refractivity contribution in [3.8, 4) is 5.75 Å². The molecule has 1 aromatic heterocycles. The van der Waals surface area contributed by atoms with E-state index in [0.717, 1.165) is 12.8 Å². The summed E-state index contributed by atoms with van der Waals surface area (Å²) in [4.78, 5) is 12.2. The maximum atomic E-state index is 14.1. The SMILES string of the molecule is C[B]c1cc2c(cc1F)c(O)c(C(=O)OCC)c(=S)n2C1CC1. The first-order valence-corrected chi connectivity index (χ1v) is 7.97. The van der Waals surface area contributed by atoms with Crippen molar-refractivity contribution in [3.63, 3.8) is 0 Å². The summed E-state index contributed by atoms with van der Waals surface area (Å²) in [5.74, 6) is -1.45. The minimum absolute atomic E-state index is 0.0612. The summed E-state index contributed by atoms with van der Waals surface area (Å²) in [6, 6.07) is 3.08. The van der Waals surface area contributed by atoms with E-state index in [1.54, 1.807) is 27.1 Å². The lowest BCUT2D eigenvalue weighted by Gasteiger charge is -2.17. The number of halogens is 1. The van der Waals surface area contributed by atoms with Gasteiger partial charge in [-0.15, -0.1) is 0 Å². The number of carbonyl (C=O) groups excluding carboxylic acids is 1. The molecule has 0 spiro atoms. The number of hydrogen-bond donors (Lipinski definition) is 1. The van der Waals surface area contributed by atoms with Crippen molar-refractivity contribution in [1.82, 2.24) is 4.57 Å². The highest BCUT2D eigenvalue weighted by atomic mass is 32.1. The van der Waals surface area contributed by atoms with E-state index in [2.05, 4.69) is 0 Å². The van der Waals surface area contributed by atoms with E-state index in [4.69, 9.17) is 17.0 Å². The average Bonchev–Trinajstić information content (AvgIpc) is 3.33. The fraction of sp³-hybridized carbons (Fsp3) is 0.375. The molecule has 1 saturated carbocycles. The topological polar surface area (TPSA) is 51.5 Å². The molecular formula is C16H16BFNO3S. The van der Waals surface area contributed by atoms with Crippen LogP contribution in [0.4, 0.5) is 4.39 Å². The molecule has 2 aromatic rings. The molecule has 4 nitrogen and oxygen atoms in total. The van der Waals surface area contributed by atoms with Crippen LogP contribution in [0, 0.1) is 10.5 Å². The van der Waals surface area contributed by atoms with Gasteiger partial charge in [-0.25, -0.2) is 9.18 Å². The van der Waals surface area contributed by atoms with Crippen LogP contribution in [0.2, 0.25) is 6.82 Å². The summed E-state index contributed by atoms with van der Waals surface area (Å²) < 4.78 is 21.2. The van der Waals surface area contributed by atoms with Gasteiger partial charge in [-0.3, -0.25) is 0 Å². The maximum absolute atomic E-state index is 14.1. The molecule has 1 aromatic carbocycles. The van der Waals surface area contributed by atoms with Gasteiger partial charge in [0.1, 0.15) is 21.8 Å². The molecule has 0 atom stereocenters. The van der Waals surface area contributed by atoms with Crippen LogP contribution in [0.1, 0.15) is 36.2 Å². The largest absolute Gasteiger partial charge is 0.506 e. The fourth-order valence-corrected chi connectivity index (χ4v) is 3.16. The Morgan fingerprint density at radius 1 is 1.52 bits per heavy atom. The minimum atomic E-state index is -0.683. The second-order valence-corrected chi connectivity index (χ2v) is 5.92. The number of benzene rings is 1. The van der Waals surface area contributed by atoms with E-state index >= 15 is 0 Å². The summed E-state index contributed by atoms with van der Waals surface area (Å²) in [5, 5.41) is 10.8. The predicted octanol–water partition coefficient (Wildman–Crippen LogP) is 3.10. The van der Waals surface area contributed by atoms with Crippen LogP contribution in [-0.2, 0) is 4.74 Å². The van der Waals surface area contributed by atoms with Gasteiger partial charge in [-0.2, -0.15) is 0 Å². The molecule has 0 amide bonds. The van der Waals surface area contributed by atoms with Gasteiger partial charge >= 0.3 is 5.97 Å². The third-order valence-corrected chi connectivity index (χ3v) is 4.40. The van der Waals surface area contributed by atoms with E-state index in [9.17, 15) is 14.3 Å². The lowest BCUT2D eigenvalue weighted by atomic mass is 9.72. The number of fused-ring (bicyclic) bond motifs is 1. The monoisotopic (exact) mass is 332 g/mol. The van der Waals surface area contributed by atoms with E-state index in [1.807, 2.05) is 4.57 Å². The summed E-state index contributed by atoms with van der Waals surface area (Å²) in [6.07, 6.45) is 1.89. The van der Waals surface area contributed by atoms with Gasteiger partial charge < -0.3 is 14.4 Å². The zero-order valence-electron chi connectivity index (χ0n) is 12.9. The van der Waals surface area contributed by atoms with Gasteiger partial charge in [-0.05, 0) is 31.9 Å². The van der Waals surface area contributed by atoms with Crippen LogP contribution in [0.3, 0.4) is 0 Å². The van der Waals surface area contributed by atoms with Crippen molar-refractivity contribution in [2.75, 3.05) is 6.61 Å². The molecular weight excluding hydrogens is 316 g/mol. The molecule has 1 fully saturated rings. The number of aromatic nitrogens is 1. The number of ether oxygens (including phenoxy) is 1. The van der Waals surface area contributed by atoms with Gasteiger partial charge in [-0.1, -0.05) is 24.5 Å². The van der Waals surface area contributed by atoms with E-state index in [-0.39, 0.29) is 34.0 Å². The van der Waals surface area contributed by atoms with E-state index < -0.39 is 11.8 Å². The number of aromatic hydroxyl groups is 1. The molecule has 7 heteroatoms. The van der Waals surface area contributed by atoms with Crippen molar-refractivity contribution in [2.45, 2.75) is 32.6 Å². The van der Waals surface area contributed by atoms with Crippen LogP contribution >= 0.6 is 12.2 Å². The molecule has 1 N–H and O–H groups in total. The average molecular weight is 332 g/mol. The van der Waals surface area contributed by atoms with Crippen molar-refractivity contribution in [1.29, 1.82) is 0 Å². The highest BCUT2D eigenvalue weighted by Crippen LogP contribution is 2.41. The summed E-state index contributed by atoms with van der Waals surface area (Å²) >= 11 is 5.42. The fourth-order valence-electron chi connectivity index (χ4n) is 2.74.